The first-order chi connectivity index (χ1) is 11.7. The number of carbonyl (C=O) groups is 1. The van der Waals surface area contributed by atoms with E-state index in [-0.39, 0.29) is 0 Å². The highest BCUT2D eigenvalue weighted by Gasteiger charge is 2.22. The lowest BCUT2D eigenvalue weighted by Crippen LogP contribution is -2.15. The van der Waals surface area contributed by atoms with E-state index in [1.807, 2.05) is 37.3 Å². The van der Waals surface area contributed by atoms with Crippen LogP contribution >= 0.6 is 0 Å². The number of aliphatic carboxylic acids is 1. The number of aryl methyl sites for hydroxylation is 2. The second-order valence-electron chi connectivity index (χ2n) is 6.41. The lowest BCUT2D eigenvalue weighted by atomic mass is 9.85. The fourth-order valence-corrected chi connectivity index (χ4v) is 3.48. The molecule has 126 valence electrons. The molecule has 1 atom stereocenters. The van der Waals surface area contributed by atoms with Crippen LogP contribution in [0.25, 0.3) is 0 Å². The van der Waals surface area contributed by atoms with Crippen LogP contribution in [0.15, 0.2) is 42.5 Å². The van der Waals surface area contributed by atoms with Gasteiger partial charge in [-0.05, 0) is 73.4 Å². The summed E-state index contributed by atoms with van der Waals surface area (Å²) in [5, 5.41) is 9.73. The third-order valence-electron chi connectivity index (χ3n) is 4.72. The van der Waals surface area contributed by atoms with Gasteiger partial charge in [0.25, 0.3) is 0 Å². The van der Waals surface area contributed by atoms with Crippen molar-refractivity contribution >= 4 is 5.97 Å². The van der Waals surface area contributed by atoms with Gasteiger partial charge in [-0.2, -0.15) is 0 Å². The average Bonchev–Trinajstić information content (AvgIpc) is 2.60. The molecule has 0 spiro atoms. The van der Waals surface area contributed by atoms with Gasteiger partial charge < -0.3 is 9.84 Å². The monoisotopic (exact) mass is 324 g/mol. The molecule has 1 N–H and O–H groups in total. The molecule has 0 heterocycles. The molecule has 0 fully saturated rings. The zero-order chi connectivity index (χ0) is 16.9. The normalized spacial score (nSPS) is 14.7. The summed E-state index contributed by atoms with van der Waals surface area (Å²) in [7, 11) is 0. The van der Waals surface area contributed by atoms with Gasteiger partial charge in [0, 0.05) is 0 Å². The van der Waals surface area contributed by atoms with Crippen LogP contribution in [0.1, 0.15) is 47.9 Å². The van der Waals surface area contributed by atoms with E-state index in [4.69, 9.17) is 4.74 Å². The van der Waals surface area contributed by atoms with Crippen LogP contribution in [-0.4, -0.2) is 17.7 Å². The molecule has 3 heteroatoms. The molecule has 0 bridgehead atoms. The Balaban J connectivity index is 1.85. The molecular formula is C21H24O3. The molecule has 0 radical (unpaired) electrons. The van der Waals surface area contributed by atoms with Crippen molar-refractivity contribution in [3.63, 3.8) is 0 Å². The Morgan fingerprint density at radius 3 is 2.67 bits per heavy atom. The van der Waals surface area contributed by atoms with Crippen LogP contribution in [0.2, 0.25) is 0 Å². The van der Waals surface area contributed by atoms with Gasteiger partial charge in [0.1, 0.15) is 5.75 Å². The Morgan fingerprint density at radius 2 is 1.92 bits per heavy atom. The van der Waals surface area contributed by atoms with Crippen molar-refractivity contribution in [3.8, 4) is 5.75 Å². The van der Waals surface area contributed by atoms with Gasteiger partial charge in [-0.25, -0.2) is 0 Å². The first-order valence-corrected chi connectivity index (χ1v) is 8.73. The second-order valence-corrected chi connectivity index (χ2v) is 6.41. The molecule has 2 aromatic rings. The molecule has 0 amide bonds. The third-order valence-corrected chi connectivity index (χ3v) is 4.72. The van der Waals surface area contributed by atoms with Crippen molar-refractivity contribution < 1.29 is 14.6 Å². The zero-order valence-electron chi connectivity index (χ0n) is 14.1. The van der Waals surface area contributed by atoms with E-state index in [1.165, 1.54) is 24.0 Å². The number of benzene rings is 2. The highest BCUT2D eigenvalue weighted by Crippen LogP contribution is 2.28. The van der Waals surface area contributed by atoms with Gasteiger partial charge in [-0.15, -0.1) is 0 Å². The van der Waals surface area contributed by atoms with Gasteiger partial charge in [0.2, 0.25) is 0 Å². The largest absolute Gasteiger partial charge is 0.494 e. The van der Waals surface area contributed by atoms with Crippen molar-refractivity contribution in [1.82, 2.24) is 0 Å². The summed E-state index contributed by atoms with van der Waals surface area (Å²) >= 11 is 0. The van der Waals surface area contributed by atoms with Crippen LogP contribution in [-0.2, 0) is 24.1 Å². The van der Waals surface area contributed by atoms with Gasteiger partial charge in [-0.1, -0.05) is 30.3 Å². The molecule has 0 saturated heterocycles. The van der Waals surface area contributed by atoms with Crippen molar-refractivity contribution in [1.29, 1.82) is 0 Å². The van der Waals surface area contributed by atoms with Crippen molar-refractivity contribution in [2.45, 2.75) is 44.9 Å². The number of hydrogen-bond donors (Lipinski definition) is 1. The van der Waals surface area contributed by atoms with E-state index in [1.54, 1.807) is 0 Å². The van der Waals surface area contributed by atoms with Crippen LogP contribution in [0.4, 0.5) is 0 Å². The predicted octanol–water partition coefficient (Wildman–Crippen LogP) is 4.38. The van der Waals surface area contributed by atoms with Gasteiger partial charge in [0.15, 0.2) is 0 Å². The molecule has 24 heavy (non-hydrogen) atoms. The van der Waals surface area contributed by atoms with Crippen LogP contribution in [0.5, 0.6) is 5.75 Å². The number of carboxylic acids is 1. The minimum Gasteiger partial charge on any atom is -0.494 e. The van der Waals surface area contributed by atoms with Crippen LogP contribution in [0, 0.1) is 0 Å². The molecular weight excluding hydrogens is 300 g/mol. The van der Waals surface area contributed by atoms with E-state index in [9.17, 15) is 9.90 Å². The molecule has 0 aliphatic heterocycles. The average molecular weight is 324 g/mol. The standard InChI is InChI=1S/C21H24O3/c1-2-24-19-9-5-6-15(12-19)13-20(21(22)23)18-11-10-16-7-3-4-8-17(16)14-18/h5-6,9-12,14,20H,2-4,7-8,13H2,1H3,(H,22,23). The summed E-state index contributed by atoms with van der Waals surface area (Å²) < 4.78 is 5.52. The summed E-state index contributed by atoms with van der Waals surface area (Å²) in [5.74, 6) is -0.494. The number of carboxylic acid groups (broad SMARTS) is 1. The van der Waals surface area contributed by atoms with E-state index in [0.717, 1.165) is 29.7 Å². The maximum Gasteiger partial charge on any atom is 0.311 e. The molecule has 1 aliphatic rings. The second kappa shape index (κ2) is 7.52. The summed E-state index contributed by atoms with van der Waals surface area (Å²) in [5.41, 5.74) is 4.61. The lowest BCUT2D eigenvalue weighted by molar-refractivity contribution is -0.138. The topological polar surface area (TPSA) is 46.5 Å². The molecule has 2 aromatic carbocycles. The number of ether oxygens (including phenoxy) is 1. The number of hydrogen-bond acceptors (Lipinski definition) is 2. The summed E-state index contributed by atoms with van der Waals surface area (Å²) in [6, 6.07) is 14.0. The summed E-state index contributed by atoms with van der Waals surface area (Å²) in [6.45, 7) is 2.55. The molecule has 3 nitrogen and oxygen atoms in total. The van der Waals surface area contributed by atoms with Crippen molar-refractivity contribution in [2.75, 3.05) is 6.61 Å². The number of fused-ring (bicyclic) bond motifs is 1. The van der Waals surface area contributed by atoms with Crippen LogP contribution in [0.3, 0.4) is 0 Å². The van der Waals surface area contributed by atoms with Crippen LogP contribution < -0.4 is 4.74 Å². The maximum atomic E-state index is 11.9. The van der Waals surface area contributed by atoms with Gasteiger partial charge in [0.05, 0.1) is 12.5 Å². The van der Waals surface area contributed by atoms with E-state index >= 15 is 0 Å². The first kappa shape index (κ1) is 16.6. The summed E-state index contributed by atoms with van der Waals surface area (Å²) in [4.78, 5) is 11.9. The zero-order valence-corrected chi connectivity index (χ0v) is 14.1. The Labute approximate surface area is 143 Å². The van der Waals surface area contributed by atoms with Crippen molar-refractivity contribution in [3.05, 3.63) is 64.7 Å². The highest BCUT2D eigenvalue weighted by molar-refractivity contribution is 5.76. The maximum absolute atomic E-state index is 11.9. The molecule has 1 unspecified atom stereocenters. The number of rotatable bonds is 6. The minimum absolute atomic E-state index is 0.481. The fourth-order valence-electron chi connectivity index (χ4n) is 3.48. The van der Waals surface area contributed by atoms with E-state index in [2.05, 4.69) is 12.1 Å². The highest BCUT2D eigenvalue weighted by atomic mass is 16.5. The smallest absolute Gasteiger partial charge is 0.311 e. The van der Waals surface area contributed by atoms with Crippen molar-refractivity contribution in [2.24, 2.45) is 0 Å². The summed E-state index contributed by atoms with van der Waals surface area (Å²) in [6.07, 6.45) is 5.09. The fraction of sp³-hybridized carbons (Fsp3) is 0.381. The third kappa shape index (κ3) is 3.78. The Bertz CT molecular complexity index is 721. The van der Waals surface area contributed by atoms with E-state index in [0.29, 0.717) is 13.0 Å². The molecule has 3 rings (SSSR count). The van der Waals surface area contributed by atoms with Gasteiger partial charge in [-0.3, -0.25) is 4.79 Å². The molecule has 0 aromatic heterocycles. The Morgan fingerprint density at radius 1 is 1.12 bits per heavy atom. The Hall–Kier alpha value is -2.29. The first-order valence-electron chi connectivity index (χ1n) is 8.73. The SMILES string of the molecule is CCOc1cccc(CC(C(=O)O)c2ccc3c(c2)CCCC3)c1. The van der Waals surface area contributed by atoms with Gasteiger partial charge >= 0.3 is 5.97 Å². The lowest BCUT2D eigenvalue weighted by Gasteiger charge is -2.19. The Kier molecular flexibility index (Phi) is 5.19. The molecule has 1 aliphatic carbocycles. The van der Waals surface area contributed by atoms with E-state index < -0.39 is 11.9 Å². The molecule has 0 saturated carbocycles. The quantitative estimate of drug-likeness (QED) is 0.858. The minimum atomic E-state index is -0.771. The predicted molar refractivity (Wildman–Crippen MR) is 94.8 cm³/mol.